The molecule has 1 rings (SSSR count). The quantitative estimate of drug-likeness (QED) is 0.794. The number of methoxy groups -OCH3 is 1. The fourth-order valence-electron chi connectivity index (χ4n) is 1.62. The van der Waals surface area contributed by atoms with Gasteiger partial charge in [-0.2, -0.15) is 0 Å². The second-order valence-corrected chi connectivity index (χ2v) is 4.19. The first kappa shape index (κ1) is 14.6. The van der Waals surface area contributed by atoms with E-state index in [0.29, 0.717) is 5.56 Å². The van der Waals surface area contributed by atoms with Gasteiger partial charge in [0.15, 0.2) is 0 Å². The Labute approximate surface area is 105 Å². The second-order valence-electron chi connectivity index (χ2n) is 4.19. The molecule has 0 aliphatic rings. The fraction of sp³-hybridized carbons (Fsp3) is 0.462. The molecule has 18 heavy (non-hydrogen) atoms. The van der Waals surface area contributed by atoms with Crippen LogP contribution in [-0.4, -0.2) is 25.0 Å². The van der Waals surface area contributed by atoms with Crippen molar-refractivity contribution in [3.05, 3.63) is 35.9 Å². The number of carbonyl (C=O) groups is 1. The second kappa shape index (κ2) is 6.44. The minimum atomic E-state index is -2.87. The summed E-state index contributed by atoms with van der Waals surface area (Å²) in [7, 11) is 1.18. The van der Waals surface area contributed by atoms with E-state index in [-0.39, 0.29) is 12.8 Å². The lowest BCUT2D eigenvalue weighted by Gasteiger charge is -2.18. The van der Waals surface area contributed by atoms with Gasteiger partial charge in [0, 0.05) is 12.8 Å². The molecule has 0 saturated heterocycles. The lowest BCUT2D eigenvalue weighted by molar-refractivity contribution is -0.142. The maximum atomic E-state index is 13.6. The van der Waals surface area contributed by atoms with E-state index in [2.05, 4.69) is 4.74 Å². The van der Waals surface area contributed by atoms with Crippen molar-refractivity contribution in [3.8, 4) is 0 Å². The standard InChI is InChI=1S/C13H17F2NO2/c1-18-12(17)11(16)7-8-13(14,15)9-10-5-3-2-4-6-10/h2-6,11H,7-9,16H2,1H3. The normalized spacial score (nSPS) is 13.1. The van der Waals surface area contributed by atoms with Gasteiger partial charge in [0.05, 0.1) is 7.11 Å². The number of alkyl halides is 2. The zero-order chi connectivity index (χ0) is 13.6. The Morgan fingerprint density at radius 1 is 1.39 bits per heavy atom. The van der Waals surface area contributed by atoms with Gasteiger partial charge in [-0.1, -0.05) is 30.3 Å². The summed E-state index contributed by atoms with van der Waals surface area (Å²) in [4.78, 5) is 11.0. The van der Waals surface area contributed by atoms with Crippen LogP contribution in [0.1, 0.15) is 18.4 Å². The fourth-order valence-corrected chi connectivity index (χ4v) is 1.62. The van der Waals surface area contributed by atoms with E-state index >= 15 is 0 Å². The molecule has 1 atom stereocenters. The van der Waals surface area contributed by atoms with Crippen LogP contribution in [-0.2, 0) is 16.0 Å². The number of halogens is 2. The van der Waals surface area contributed by atoms with Gasteiger partial charge in [0.25, 0.3) is 5.92 Å². The number of ether oxygens (including phenoxy) is 1. The van der Waals surface area contributed by atoms with Crippen LogP contribution in [0.3, 0.4) is 0 Å². The summed E-state index contributed by atoms with van der Waals surface area (Å²) in [5, 5.41) is 0. The largest absolute Gasteiger partial charge is 0.468 e. The highest BCUT2D eigenvalue weighted by molar-refractivity contribution is 5.75. The van der Waals surface area contributed by atoms with Crippen LogP contribution in [0.2, 0.25) is 0 Å². The monoisotopic (exact) mass is 257 g/mol. The van der Waals surface area contributed by atoms with Crippen LogP contribution < -0.4 is 5.73 Å². The van der Waals surface area contributed by atoms with Crippen molar-refractivity contribution < 1.29 is 18.3 Å². The average molecular weight is 257 g/mol. The Morgan fingerprint density at radius 3 is 2.56 bits per heavy atom. The summed E-state index contributed by atoms with van der Waals surface area (Å²) in [6.07, 6.45) is -0.869. The van der Waals surface area contributed by atoms with E-state index in [1.54, 1.807) is 30.3 Å². The van der Waals surface area contributed by atoms with Crippen molar-refractivity contribution in [1.82, 2.24) is 0 Å². The molecule has 5 heteroatoms. The summed E-state index contributed by atoms with van der Waals surface area (Å²) in [5.41, 5.74) is 5.98. The number of carbonyl (C=O) groups excluding carboxylic acids is 1. The van der Waals surface area contributed by atoms with Crippen molar-refractivity contribution in [1.29, 1.82) is 0 Å². The molecule has 0 spiro atoms. The third-order valence-electron chi connectivity index (χ3n) is 2.63. The number of hydrogen-bond acceptors (Lipinski definition) is 3. The number of rotatable bonds is 6. The Kier molecular flexibility index (Phi) is 5.22. The van der Waals surface area contributed by atoms with Crippen molar-refractivity contribution in [2.24, 2.45) is 5.73 Å². The molecular formula is C13H17F2NO2. The van der Waals surface area contributed by atoms with Crippen LogP contribution in [0.15, 0.2) is 30.3 Å². The minimum Gasteiger partial charge on any atom is -0.468 e. The Bertz CT molecular complexity index is 382. The van der Waals surface area contributed by atoms with Crippen LogP contribution in [0.4, 0.5) is 8.78 Å². The smallest absolute Gasteiger partial charge is 0.322 e. The maximum absolute atomic E-state index is 13.6. The number of hydrogen-bond donors (Lipinski definition) is 1. The third-order valence-corrected chi connectivity index (χ3v) is 2.63. The van der Waals surface area contributed by atoms with Crippen LogP contribution in [0.25, 0.3) is 0 Å². The first-order valence-electron chi connectivity index (χ1n) is 5.70. The van der Waals surface area contributed by atoms with Crippen LogP contribution in [0.5, 0.6) is 0 Å². The van der Waals surface area contributed by atoms with E-state index in [0.717, 1.165) is 0 Å². The maximum Gasteiger partial charge on any atom is 0.322 e. The highest BCUT2D eigenvalue weighted by atomic mass is 19.3. The summed E-state index contributed by atoms with van der Waals surface area (Å²) in [6, 6.07) is 7.51. The summed E-state index contributed by atoms with van der Waals surface area (Å²) >= 11 is 0. The first-order valence-corrected chi connectivity index (χ1v) is 5.70. The molecule has 2 N–H and O–H groups in total. The van der Waals surface area contributed by atoms with Crippen molar-refractivity contribution in [2.75, 3.05) is 7.11 Å². The van der Waals surface area contributed by atoms with Gasteiger partial charge in [-0.05, 0) is 12.0 Å². The molecular weight excluding hydrogens is 240 g/mol. The van der Waals surface area contributed by atoms with Gasteiger partial charge >= 0.3 is 5.97 Å². The highest BCUT2D eigenvalue weighted by Crippen LogP contribution is 2.26. The van der Waals surface area contributed by atoms with Crippen LogP contribution >= 0.6 is 0 Å². The van der Waals surface area contributed by atoms with Gasteiger partial charge in [-0.25, -0.2) is 8.78 Å². The van der Waals surface area contributed by atoms with E-state index in [1.807, 2.05) is 0 Å². The van der Waals surface area contributed by atoms with Crippen molar-refractivity contribution in [2.45, 2.75) is 31.2 Å². The van der Waals surface area contributed by atoms with Gasteiger partial charge < -0.3 is 10.5 Å². The molecule has 0 fully saturated rings. The van der Waals surface area contributed by atoms with Gasteiger partial charge in [-0.15, -0.1) is 0 Å². The Morgan fingerprint density at radius 2 is 2.00 bits per heavy atom. The summed E-state index contributed by atoms with van der Waals surface area (Å²) in [6.45, 7) is 0. The van der Waals surface area contributed by atoms with E-state index in [9.17, 15) is 13.6 Å². The molecule has 1 aromatic carbocycles. The van der Waals surface area contributed by atoms with Crippen molar-refractivity contribution >= 4 is 5.97 Å². The topological polar surface area (TPSA) is 52.3 Å². The van der Waals surface area contributed by atoms with Gasteiger partial charge in [-0.3, -0.25) is 4.79 Å². The molecule has 0 aromatic heterocycles. The molecule has 100 valence electrons. The molecule has 1 aromatic rings. The molecule has 1 unspecified atom stereocenters. The lowest BCUT2D eigenvalue weighted by atomic mass is 10.0. The van der Waals surface area contributed by atoms with Crippen molar-refractivity contribution in [3.63, 3.8) is 0 Å². The molecule has 0 aliphatic carbocycles. The van der Waals surface area contributed by atoms with Crippen LogP contribution in [0, 0.1) is 0 Å². The van der Waals surface area contributed by atoms with E-state index in [1.165, 1.54) is 7.11 Å². The Balaban J connectivity index is 2.47. The molecule has 0 radical (unpaired) electrons. The predicted molar refractivity (Wildman–Crippen MR) is 64.3 cm³/mol. The zero-order valence-corrected chi connectivity index (χ0v) is 10.2. The minimum absolute atomic E-state index is 0.0908. The summed E-state index contributed by atoms with van der Waals surface area (Å²) in [5.74, 6) is -3.53. The molecule has 0 aliphatic heterocycles. The average Bonchev–Trinajstić information content (AvgIpc) is 2.35. The SMILES string of the molecule is COC(=O)C(N)CCC(F)(F)Cc1ccccc1. The Hall–Kier alpha value is -1.49. The lowest BCUT2D eigenvalue weighted by Crippen LogP contribution is -2.34. The number of esters is 1. The molecule has 0 amide bonds. The number of benzene rings is 1. The third kappa shape index (κ3) is 4.79. The van der Waals surface area contributed by atoms with Gasteiger partial charge in [0.1, 0.15) is 6.04 Å². The molecule has 0 bridgehead atoms. The zero-order valence-electron chi connectivity index (χ0n) is 10.2. The molecule has 3 nitrogen and oxygen atoms in total. The molecule has 0 saturated carbocycles. The van der Waals surface area contributed by atoms with E-state index in [4.69, 9.17) is 5.73 Å². The van der Waals surface area contributed by atoms with E-state index < -0.39 is 24.4 Å². The molecule has 0 heterocycles. The number of nitrogens with two attached hydrogens (primary N) is 1. The summed E-state index contributed by atoms with van der Waals surface area (Å²) < 4.78 is 31.6. The van der Waals surface area contributed by atoms with Gasteiger partial charge in [0.2, 0.25) is 0 Å². The first-order chi connectivity index (χ1) is 8.44. The highest BCUT2D eigenvalue weighted by Gasteiger charge is 2.30. The predicted octanol–water partition coefficient (Wildman–Crippen LogP) is 2.14.